The van der Waals surface area contributed by atoms with E-state index in [1.807, 2.05) is 24.3 Å². The third-order valence-corrected chi connectivity index (χ3v) is 4.89. The van der Waals surface area contributed by atoms with Crippen molar-refractivity contribution in [2.24, 2.45) is 5.92 Å². The minimum atomic E-state index is -0.415. The SMILES string of the molecule is O=C(Nc1cccc(-c2nc3ccccc3c(=O)o2)c1)C1CCCCC1. The van der Waals surface area contributed by atoms with E-state index >= 15 is 0 Å². The van der Waals surface area contributed by atoms with E-state index < -0.39 is 5.63 Å². The maximum atomic E-state index is 12.4. The summed E-state index contributed by atoms with van der Waals surface area (Å²) < 4.78 is 5.37. The van der Waals surface area contributed by atoms with Crippen LogP contribution in [0.15, 0.2) is 57.7 Å². The Hall–Kier alpha value is -2.95. The fourth-order valence-corrected chi connectivity index (χ4v) is 3.48. The molecule has 3 aromatic rings. The molecule has 1 aliphatic carbocycles. The highest BCUT2D eigenvalue weighted by Gasteiger charge is 2.21. The molecule has 0 bridgehead atoms. The van der Waals surface area contributed by atoms with E-state index in [1.165, 1.54) is 6.42 Å². The zero-order valence-electron chi connectivity index (χ0n) is 14.4. The van der Waals surface area contributed by atoms with Gasteiger partial charge in [0.2, 0.25) is 11.8 Å². The van der Waals surface area contributed by atoms with Crippen LogP contribution in [0.3, 0.4) is 0 Å². The van der Waals surface area contributed by atoms with Crippen LogP contribution < -0.4 is 10.9 Å². The van der Waals surface area contributed by atoms with E-state index in [-0.39, 0.29) is 17.7 Å². The number of nitrogens with zero attached hydrogens (tertiary/aromatic N) is 1. The number of benzene rings is 2. The standard InChI is InChI=1S/C21H20N2O3/c24-19(14-7-2-1-3-8-14)22-16-10-6-9-15(13-16)20-23-18-12-5-4-11-17(18)21(25)26-20/h4-6,9-14H,1-3,7-8H2,(H,22,24). The molecule has 1 aliphatic rings. The zero-order valence-corrected chi connectivity index (χ0v) is 14.4. The highest BCUT2D eigenvalue weighted by atomic mass is 16.4. The summed E-state index contributed by atoms with van der Waals surface area (Å²) in [6.45, 7) is 0. The molecule has 1 saturated carbocycles. The van der Waals surface area contributed by atoms with Gasteiger partial charge in [0.05, 0.1) is 10.9 Å². The number of rotatable bonds is 3. The predicted octanol–water partition coefficient (Wildman–Crippen LogP) is 4.37. The molecule has 1 amide bonds. The van der Waals surface area contributed by atoms with Crippen molar-refractivity contribution in [3.63, 3.8) is 0 Å². The first-order valence-corrected chi connectivity index (χ1v) is 9.02. The quantitative estimate of drug-likeness (QED) is 0.763. The molecular formula is C21H20N2O3. The first-order chi connectivity index (χ1) is 12.7. The minimum absolute atomic E-state index is 0.0646. The Morgan fingerprint density at radius 3 is 2.69 bits per heavy atom. The molecule has 0 spiro atoms. The lowest BCUT2D eigenvalue weighted by Gasteiger charge is -2.20. The van der Waals surface area contributed by atoms with Crippen LogP contribution in [-0.2, 0) is 4.79 Å². The van der Waals surface area contributed by atoms with Crippen molar-refractivity contribution < 1.29 is 9.21 Å². The summed E-state index contributed by atoms with van der Waals surface area (Å²) in [7, 11) is 0. The lowest BCUT2D eigenvalue weighted by Crippen LogP contribution is -2.24. The molecule has 0 unspecified atom stereocenters. The number of aromatic nitrogens is 1. The number of carbonyl (C=O) groups is 1. The van der Waals surface area contributed by atoms with Gasteiger partial charge >= 0.3 is 5.63 Å². The van der Waals surface area contributed by atoms with Crippen molar-refractivity contribution in [3.8, 4) is 11.5 Å². The number of anilines is 1. The number of nitrogens with one attached hydrogen (secondary N) is 1. The summed E-state index contributed by atoms with van der Waals surface area (Å²) in [5, 5.41) is 3.44. The molecule has 26 heavy (non-hydrogen) atoms. The van der Waals surface area contributed by atoms with Gasteiger partial charge in [-0.1, -0.05) is 37.5 Å². The average Bonchev–Trinajstić information content (AvgIpc) is 2.69. The monoisotopic (exact) mass is 348 g/mol. The van der Waals surface area contributed by atoms with Crippen LogP contribution in [-0.4, -0.2) is 10.9 Å². The highest BCUT2D eigenvalue weighted by Crippen LogP contribution is 2.26. The number of para-hydroxylation sites is 1. The van der Waals surface area contributed by atoms with E-state index in [4.69, 9.17) is 4.42 Å². The van der Waals surface area contributed by atoms with Gasteiger partial charge < -0.3 is 9.73 Å². The Bertz CT molecular complexity index is 1000. The molecule has 0 aliphatic heterocycles. The summed E-state index contributed by atoms with van der Waals surface area (Å²) in [4.78, 5) is 29.0. The Morgan fingerprint density at radius 2 is 1.85 bits per heavy atom. The molecule has 132 valence electrons. The van der Waals surface area contributed by atoms with Gasteiger partial charge in [-0.15, -0.1) is 0 Å². The van der Waals surface area contributed by atoms with E-state index in [0.29, 0.717) is 22.2 Å². The molecule has 1 aromatic heterocycles. The number of amides is 1. The number of fused-ring (bicyclic) bond motifs is 1. The van der Waals surface area contributed by atoms with Crippen LogP contribution in [0.4, 0.5) is 5.69 Å². The molecular weight excluding hydrogens is 328 g/mol. The third-order valence-electron chi connectivity index (χ3n) is 4.89. The van der Waals surface area contributed by atoms with Gasteiger partial charge in [0, 0.05) is 17.2 Å². The summed E-state index contributed by atoms with van der Waals surface area (Å²) in [5.41, 5.74) is 1.53. The number of hydrogen-bond donors (Lipinski definition) is 1. The van der Waals surface area contributed by atoms with Crippen molar-refractivity contribution in [3.05, 3.63) is 59.0 Å². The van der Waals surface area contributed by atoms with Gasteiger partial charge in [-0.05, 0) is 43.2 Å². The number of hydrogen-bond acceptors (Lipinski definition) is 4. The van der Waals surface area contributed by atoms with E-state index in [9.17, 15) is 9.59 Å². The predicted molar refractivity (Wildman–Crippen MR) is 101 cm³/mol. The lowest BCUT2D eigenvalue weighted by atomic mass is 9.88. The normalized spacial score (nSPS) is 15.1. The Labute approximate surface area is 151 Å². The van der Waals surface area contributed by atoms with Gasteiger partial charge in [-0.2, -0.15) is 0 Å². The summed E-state index contributed by atoms with van der Waals surface area (Å²) in [5.74, 6) is 0.404. The second kappa shape index (κ2) is 7.12. The summed E-state index contributed by atoms with van der Waals surface area (Å²) in [6, 6.07) is 14.4. The van der Waals surface area contributed by atoms with Crippen LogP contribution in [0.25, 0.3) is 22.4 Å². The van der Waals surface area contributed by atoms with Crippen LogP contribution in [0.5, 0.6) is 0 Å². The van der Waals surface area contributed by atoms with Crippen LogP contribution in [0.1, 0.15) is 32.1 Å². The van der Waals surface area contributed by atoms with Crippen LogP contribution >= 0.6 is 0 Å². The molecule has 0 radical (unpaired) electrons. The molecule has 5 nitrogen and oxygen atoms in total. The van der Waals surface area contributed by atoms with Gasteiger partial charge in [0.1, 0.15) is 0 Å². The second-order valence-corrected chi connectivity index (χ2v) is 6.73. The van der Waals surface area contributed by atoms with Crippen molar-refractivity contribution in [2.75, 3.05) is 5.32 Å². The topological polar surface area (TPSA) is 72.2 Å². The average molecular weight is 348 g/mol. The molecule has 0 saturated heterocycles. The van der Waals surface area contributed by atoms with E-state index in [2.05, 4.69) is 10.3 Å². The molecule has 1 heterocycles. The lowest BCUT2D eigenvalue weighted by molar-refractivity contribution is -0.120. The summed E-state index contributed by atoms with van der Waals surface area (Å²) >= 11 is 0. The van der Waals surface area contributed by atoms with Crippen LogP contribution in [0, 0.1) is 5.92 Å². The van der Waals surface area contributed by atoms with Gasteiger partial charge in [-0.25, -0.2) is 9.78 Å². The molecule has 4 rings (SSSR count). The maximum absolute atomic E-state index is 12.4. The minimum Gasteiger partial charge on any atom is -0.403 e. The van der Waals surface area contributed by atoms with E-state index in [0.717, 1.165) is 25.7 Å². The first kappa shape index (κ1) is 16.5. The Morgan fingerprint density at radius 1 is 1.04 bits per heavy atom. The zero-order chi connectivity index (χ0) is 17.9. The van der Waals surface area contributed by atoms with Crippen molar-refractivity contribution in [2.45, 2.75) is 32.1 Å². The maximum Gasteiger partial charge on any atom is 0.347 e. The van der Waals surface area contributed by atoms with Crippen molar-refractivity contribution in [1.29, 1.82) is 0 Å². The second-order valence-electron chi connectivity index (χ2n) is 6.73. The molecule has 1 N–H and O–H groups in total. The fraction of sp³-hybridized carbons (Fsp3) is 0.286. The summed E-state index contributed by atoms with van der Waals surface area (Å²) in [6.07, 6.45) is 5.35. The Balaban J connectivity index is 1.61. The number of carbonyl (C=O) groups excluding carboxylic acids is 1. The van der Waals surface area contributed by atoms with E-state index in [1.54, 1.807) is 24.3 Å². The van der Waals surface area contributed by atoms with Gasteiger partial charge in [0.15, 0.2) is 0 Å². The molecule has 2 aromatic carbocycles. The third kappa shape index (κ3) is 3.38. The van der Waals surface area contributed by atoms with Crippen molar-refractivity contribution >= 4 is 22.5 Å². The molecule has 0 atom stereocenters. The van der Waals surface area contributed by atoms with Gasteiger partial charge in [-0.3, -0.25) is 4.79 Å². The van der Waals surface area contributed by atoms with Crippen molar-refractivity contribution in [1.82, 2.24) is 4.98 Å². The van der Waals surface area contributed by atoms with Crippen LogP contribution in [0.2, 0.25) is 0 Å². The molecule has 1 fully saturated rings. The van der Waals surface area contributed by atoms with Gasteiger partial charge in [0.25, 0.3) is 0 Å². The smallest absolute Gasteiger partial charge is 0.347 e. The fourth-order valence-electron chi connectivity index (χ4n) is 3.48. The molecule has 5 heteroatoms. The highest BCUT2D eigenvalue weighted by molar-refractivity contribution is 5.93. The first-order valence-electron chi connectivity index (χ1n) is 9.02. The largest absolute Gasteiger partial charge is 0.403 e. The Kier molecular flexibility index (Phi) is 4.52.